The summed E-state index contributed by atoms with van der Waals surface area (Å²) in [5, 5.41) is 13.5. The quantitative estimate of drug-likeness (QED) is 0.911. The average Bonchev–Trinajstić information content (AvgIpc) is 2.92. The molecule has 2 heterocycles. The third-order valence-corrected chi connectivity index (χ3v) is 4.11. The van der Waals surface area contributed by atoms with Crippen molar-refractivity contribution in [3.05, 3.63) is 47.0 Å². The molecular weight excluding hydrogens is 329 g/mol. The first-order valence-electron chi connectivity index (χ1n) is 7.83. The highest BCUT2D eigenvalue weighted by Crippen LogP contribution is 2.20. The summed E-state index contributed by atoms with van der Waals surface area (Å²) < 4.78 is 21.1. The monoisotopic (exact) mass is 347 g/mol. The standard InChI is InChI=1S/C17H18FN3O4/c1-10-7-11(2)21(19-10)14-4-3-12(8-13(14)18)16(22)20-5-6-25-9-15(20)17(23)24/h3-4,7-8,15H,5-6,9H2,1-2H3,(H,23,24)/t15-/m0/s1. The van der Waals surface area contributed by atoms with Gasteiger partial charge in [-0.1, -0.05) is 0 Å². The van der Waals surface area contributed by atoms with Crippen LogP contribution in [0.1, 0.15) is 21.7 Å². The zero-order valence-corrected chi connectivity index (χ0v) is 13.9. The molecular formula is C17H18FN3O4. The fourth-order valence-corrected chi connectivity index (χ4v) is 2.90. The van der Waals surface area contributed by atoms with Gasteiger partial charge in [0.2, 0.25) is 0 Å². The van der Waals surface area contributed by atoms with Crippen molar-refractivity contribution in [2.75, 3.05) is 19.8 Å². The first kappa shape index (κ1) is 17.1. The average molecular weight is 347 g/mol. The molecule has 1 aliphatic heterocycles. The molecule has 0 aliphatic carbocycles. The number of aryl methyl sites for hydroxylation is 2. The zero-order chi connectivity index (χ0) is 18.1. The van der Waals surface area contributed by atoms with Crippen molar-refractivity contribution in [2.45, 2.75) is 19.9 Å². The van der Waals surface area contributed by atoms with Crippen molar-refractivity contribution in [1.29, 1.82) is 0 Å². The molecule has 0 spiro atoms. The Balaban J connectivity index is 1.91. The third-order valence-electron chi connectivity index (χ3n) is 4.11. The number of benzene rings is 1. The van der Waals surface area contributed by atoms with Gasteiger partial charge in [-0.3, -0.25) is 4.79 Å². The number of morpholine rings is 1. The van der Waals surface area contributed by atoms with Gasteiger partial charge in [0.15, 0.2) is 6.04 Å². The van der Waals surface area contributed by atoms with Crippen LogP contribution in [0.15, 0.2) is 24.3 Å². The summed E-state index contributed by atoms with van der Waals surface area (Å²) >= 11 is 0. The van der Waals surface area contributed by atoms with E-state index in [0.29, 0.717) is 0 Å². The Bertz CT molecular complexity index is 833. The number of halogens is 1. The number of carbonyl (C=O) groups is 2. The maximum Gasteiger partial charge on any atom is 0.328 e. The van der Waals surface area contributed by atoms with Gasteiger partial charge < -0.3 is 14.7 Å². The molecule has 0 unspecified atom stereocenters. The Labute approximate surface area is 143 Å². The lowest BCUT2D eigenvalue weighted by atomic mass is 10.1. The lowest BCUT2D eigenvalue weighted by molar-refractivity contribution is -0.147. The molecule has 0 radical (unpaired) electrons. The lowest BCUT2D eigenvalue weighted by Gasteiger charge is -2.32. The van der Waals surface area contributed by atoms with Crippen LogP contribution in [0.4, 0.5) is 4.39 Å². The van der Waals surface area contributed by atoms with Crippen LogP contribution < -0.4 is 0 Å². The van der Waals surface area contributed by atoms with Crippen LogP contribution >= 0.6 is 0 Å². The number of nitrogens with zero attached hydrogens (tertiary/aromatic N) is 3. The van der Waals surface area contributed by atoms with Crippen molar-refractivity contribution in [3.8, 4) is 5.69 Å². The second-order valence-corrected chi connectivity index (χ2v) is 5.93. The van der Waals surface area contributed by atoms with Gasteiger partial charge in [-0.25, -0.2) is 13.9 Å². The lowest BCUT2D eigenvalue weighted by Crippen LogP contribution is -2.52. The summed E-state index contributed by atoms with van der Waals surface area (Å²) in [6.07, 6.45) is 0. The second-order valence-electron chi connectivity index (χ2n) is 5.93. The number of aliphatic carboxylic acids is 1. The molecule has 132 valence electrons. The highest BCUT2D eigenvalue weighted by Gasteiger charge is 2.33. The van der Waals surface area contributed by atoms with Crippen molar-refractivity contribution in [1.82, 2.24) is 14.7 Å². The molecule has 1 aromatic heterocycles. The first-order chi connectivity index (χ1) is 11.9. The van der Waals surface area contributed by atoms with Gasteiger partial charge in [0.05, 0.1) is 18.9 Å². The van der Waals surface area contributed by atoms with Gasteiger partial charge in [-0.2, -0.15) is 5.10 Å². The molecule has 0 bridgehead atoms. The van der Waals surface area contributed by atoms with Crippen LogP contribution in [0.5, 0.6) is 0 Å². The van der Waals surface area contributed by atoms with E-state index in [9.17, 15) is 19.1 Å². The molecule has 1 saturated heterocycles. The maximum atomic E-state index is 14.5. The highest BCUT2D eigenvalue weighted by atomic mass is 19.1. The van der Waals surface area contributed by atoms with Crippen molar-refractivity contribution < 1.29 is 23.8 Å². The van der Waals surface area contributed by atoms with E-state index in [-0.39, 0.29) is 31.0 Å². The molecule has 1 atom stereocenters. The van der Waals surface area contributed by atoms with Crippen LogP contribution in [0.3, 0.4) is 0 Å². The highest BCUT2D eigenvalue weighted by molar-refractivity contribution is 5.97. The van der Waals surface area contributed by atoms with Gasteiger partial charge in [-0.05, 0) is 38.1 Å². The van der Waals surface area contributed by atoms with Gasteiger partial charge in [-0.15, -0.1) is 0 Å². The zero-order valence-electron chi connectivity index (χ0n) is 13.9. The van der Waals surface area contributed by atoms with E-state index in [4.69, 9.17) is 4.74 Å². The number of aromatic nitrogens is 2. The van der Waals surface area contributed by atoms with Crippen LogP contribution in [0.2, 0.25) is 0 Å². The topological polar surface area (TPSA) is 84.7 Å². The summed E-state index contributed by atoms with van der Waals surface area (Å²) in [7, 11) is 0. The molecule has 2 aromatic rings. The van der Waals surface area contributed by atoms with Gasteiger partial charge in [0.1, 0.15) is 11.5 Å². The first-order valence-corrected chi connectivity index (χ1v) is 7.83. The number of hydrogen-bond acceptors (Lipinski definition) is 4. The minimum absolute atomic E-state index is 0.0760. The summed E-state index contributed by atoms with van der Waals surface area (Å²) in [4.78, 5) is 25.1. The molecule has 1 fully saturated rings. The SMILES string of the molecule is Cc1cc(C)n(-c2ccc(C(=O)N3CCOC[C@H]3C(=O)O)cc2F)n1. The number of rotatable bonds is 3. The number of hydrogen-bond donors (Lipinski definition) is 1. The molecule has 8 heteroatoms. The normalized spacial score (nSPS) is 17.6. The van der Waals surface area contributed by atoms with E-state index in [1.54, 1.807) is 0 Å². The van der Waals surface area contributed by atoms with Gasteiger partial charge in [0.25, 0.3) is 5.91 Å². The van der Waals surface area contributed by atoms with Crippen molar-refractivity contribution in [2.24, 2.45) is 0 Å². The Morgan fingerprint density at radius 1 is 1.32 bits per heavy atom. The number of ether oxygens (including phenoxy) is 1. The Morgan fingerprint density at radius 3 is 2.68 bits per heavy atom. The second kappa shape index (κ2) is 6.64. The van der Waals surface area contributed by atoms with E-state index in [1.165, 1.54) is 21.7 Å². The number of carboxylic acid groups (broad SMARTS) is 1. The Morgan fingerprint density at radius 2 is 2.08 bits per heavy atom. The van der Waals surface area contributed by atoms with E-state index in [0.717, 1.165) is 17.5 Å². The number of amides is 1. The Hall–Kier alpha value is -2.74. The Kier molecular flexibility index (Phi) is 4.54. The van der Waals surface area contributed by atoms with Crippen LogP contribution in [-0.4, -0.2) is 57.5 Å². The summed E-state index contributed by atoms with van der Waals surface area (Å²) in [6.45, 7) is 3.94. The predicted molar refractivity (Wildman–Crippen MR) is 86.3 cm³/mol. The van der Waals surface area contributed by atoms with E-state index in [2.05, 4.69) is 5.10 Å². The third kappa shape index (κ3) is 3.25. The van der Waals surface area contributed by atoms with E-state index < -0.39 is 23.7 Å². The van der Waals surface area contributed by atoms with E-state index in [1.807, 2.05) is 19.9 Å². The summed E-state index contributed by atoms with van der Waals surface area (Å²) in [5.41, 5.74) is 1.86. The van der Waals surface area contributed by atoms with Gasteiger partial charge >= 0.3 is 5.97 Å². The molecule has 25 heavy (non-hydrogen) atoms. The minimum atomic E-state index is -1.15. The molecule has 1 amide bonds. The largest absolute Gasteiger partial charge is 0.480 e. The summed E-state index contributed by atoms with van der Waals surface area (Å²) in [5.74, 6) is -2.28. The summed E-state index contributed by atoms with van der Waals surface area (Å²) in [6, 6.07) is 4.82. The predicted octanol–water partition coefficient (Wildman–Crippen LogP) is 1.55. The minimum Gasteiger partial charge on any atom is -0.480 e. The van der Waals surface area contributed by atoms with Crippen LogP contribution in [0.25, 0.3) is 5.69 Å². The van der Waals surface area contributed by atoms with Crippen LogP contribution in [-0.2, 0) is 9.53 Å². The van der Waals surface area contributed by atoms with Crippen molar-refractivity contribution >= 4 is 11.9 Å². The van der Waals surface area contributed by atoms with E-state index >= 15 is 0 Å². The smallest absolute Gasteiger partial charge is 0.328 e. The molecule has 1 aliphatic rings. The fourth-order valence-electron chi connectivity index (χ4n) is 2.90. The molecule has 0 saturated carbocycles. The van der Waals surface area contributed by atoms with Gasteiger partial charge in [0, 0.05) is 17.8 Å². The molecule has 3 rings (SSSR count). The molecule has 1 N–H and O–H groups in total. The van der Waals surface area contributed by atoms with Crippen molar-refractivity contribution in [3.63, 3.8) is 0 Å². The van der Waals surface area contributed by atoms with Crippen LogP contribution in [0, 0.1) is 19.7 Å². The molecule has 7 nitrogen and oxygen atoms in total. The number of carboxylic acids is 1. The number of carbonyl (C=O) groups excluding carboxylic acids is 1. The fraction of sp³-hybridized carbons (Fsp3) is 0.353. The molecule has 1 aromatic carbocycles. The maximum absolute atomic E-state index is 14.5.